The van der Waals surface area contributed by atoms with Crippen LogP contribution >= 0.6 is 0 Å². The zero-order valence-electron chi connectivity index (χ0n) is 22.0. The molecule has 5 rings (SSSR count). The Morgan fingerprint density at radius 1 is 0.975 bits per heavy atom. The Balaban J connectivity index is 1.58. The lowest BCUT2D eigenvalue weighted by Crippen LogP contribution is -2.48. The Labute approximate surface area is 230 Å². The molecule has 0 bridgehead atoms. The number of halogens is 5. The summed E-state index contributed by atoms with van der Waals surface area (Å²) < 4.78 is 96.1. The summed E-state index contributed by atoms with van der Waals surface area (Å²) in [5.41, 5.74) is -3.67. The number of carbonyl (C=O) groups excluding carboxylic acids is 1. The Hall–Kier alpha value is -2.53. The van der Waals surface area contributed by atoms with Gasteiger partial charge in [-0.2, -0.15) is 13.2 Å². The van der Waals surface area contributed by atoms with Gasteiger partial charge in [0.15, 0.2) is 9.84 Å². The number of aryl methyl sites for hydroxylation is 1. The number of carbonyl (C=O) groups is 1. The second kappa shape index (κ2) is 10.1. The van der Waals surface area contributed by atoms with E-state index in [-0.39, 0.29) is 48.1 Å². The van der Waals surface area contributed by atoms with Gasteiger partial charge in [-0.3, -0.25) is 4.79 Å². The van der Waals surface area contributed by atoms with Gasteiger partial charge in [0.1, 0.15) is 10.6 Å². The highest BCUT2D eigenvalue weighted by atomic mass is 32.2. The first-order valence-corrected chi connectivity index (χ1v) is 15.0. The lowest BCUT2D eigenvalue weighted by Gasteiger charge is -2.42. The highest BCUT2D eigenvalue weighted by Crippen LogP contribution is 2.59. The van der Waals surface area contributed by atoms with E-state index in [9.17, 15) is 40.3 Å². The molecule has 0 spiro atoms. The van der Waals surface area contributed by atoms with E-state index in [0.717, 1.165) is 36.4 Å². The first-order chi connectivity index (χ1) is 18.7. The third-order valence-corrected chi connectivity index (χ3v) is 11.8. The average Bonchev–Trinajstić information content (AvgIpc) is 3.31. The number of benzene rings is 2. The van der Waals surface area contributed by atoms with Crippen molar-refractivity contribution >= 4 is 15.7 Å². The number of alkyl halides is 4. The van der Waals surface area contributed by atoms with Gasteiger partial charge in [0.25, 0.3) is 0 Å². The van der Waals surface area contributed by atoms with E-state index < -0.39 is 55.7 Å². The van der Waals surface area contributed by atoms with Crippen LogP contribution in [0, 0.1) is 17.7 Å². The highest BCUT2D eigenvalue weighted by molar-refractivity contribution is 7.92. The van der Waals surface area contributed by atoms with Crippen LogP contribution < -0.4 is 5.32 Å². The van der Waals surface area contributed by atoms with E-state index in [0.29, 0.717) is 38.2 Å². The topological polar surface area (TPSA) is 83.5 Å². The van der Waals surface area contributed by atoms with Gasteiger partial charge in [-0.1, -0.05) is 18.2 Å². The molecule has 0 saturated heterocycles. The summed E-state index contributed by atoms with van der Waals surface area (Å²) in [7, 11) is -4.27. The molecular weight excluding hydrogens is 553 g/mol. The Kier molecular flexibility index (Phi) is 7.30. The van der Waals surface area contributed by atoms with Crippen LogP contribution in [0.15, 0.2) is 47.4 Å². The molecule has 1 unspecified atom stereocenters. The molecule has 0 heterocycles. The van der Waals surface area contributed by atoms with E-state index in [1.165, 1.54) is 6.07 Å². The predicted octanol–water partition coefficient (Wildman–Crippen LogP) is 5.63. The molecule has 11 heteroatoms. The number of fused-ring (bicyclic) bond motifs is 3. The fourth-order valence-corrected chi connectivity index (χ4v) is 9.45. The van der Waals surface area contributed by atoms with E-state index in [1.807, 2.05) is 0 Å². The van der Waals surface area contributed by atoms with Crippen molar-refractivity contribution < 1.29 is 40.3 Å². The van der Waals surface area contributed by atoms with Crippen molar-refractivity contribution in [2.45, 2.75) is 91.9 Å². The number of sulfone groups is 1. The fraction of sp³-hybridized carbons (Fsp3) is 0.552. The van der Waals surface area contributed by atoms with Gasteiger partial charge in [0.05, 0.1) is 11.0 Å². The zero-order valence-corrected chi connectivity index (χ0v) is 22.8. The molecule has 5 nitrogen and oxygen atoms in total. The number of amides is 1. The molecule has 2 aromatic carbocycles. The van der Waals surface area contributed by atoms with Crippen molar-refractivity contribution in [1.82, 2.24) is 5.32 Å². The van der Waals surface area contributed by atoms with Gasteiger partial charge in [-0.15, -0.1) is 0 Å². The van der Waals surface area contributed by atoms with Crippen molar-refractivity contribution in [1.29, 1.82) is 0 Å². The molecule has 3 aliphatic carbocycles. The quantitative estimate of drug-likeness (QED) is 0.352. The summed E-state index contributed by atoms with van der Waals surface area (Å²) in [5.74, 6) is -2.26. The van der Waals surface area contributed by atoms with E-state index >= 15 is 0 Å². The van der Waals surface area contributed by atoms with Crippen LogP contribution in [0.25, 0.3) is 0 Å². The Morgan fingerprint density at radius 3 is 2.25 bits per heavy atom. The summed E-state index contributed by atoms with van der Waals surface area (Å²) in [5, 5.41) is 12.8. The number of nitrogens with one attached hydrogen (secondary N) is 1. The molecule has 2 fully saturated rings. The molecule has 0 radical (unpaired) electrons. The van der Waals surface area contributed by atoms with Gasteiger partial charge in [-0.05, 0) is 105 Å². The molecule has 2 saturated carbocycles. The predicted molar refractivity (Wildman–Crippen MR) is 137 cm³/mol. The van der Waals surface area contributed by atoms with Crippen molar-refractivity contribution in [3.8, 4) is 0 Å². The van der Waals surface area contributed by atoms with Crippen LogP contribution in [-0.4, -0.2) is 37.8 Å². The van der Waals surface area contributed by atoms with Gasteiger partial charge in [0, 0.05) is 12.0 Å². The van der Waals surface area contributed by atoms with Crippen LogP contribution in [0.5, 0.6) is 0 Å². The van der Waals surface area contributed by atoms with Crippen LogP contribution in [0.4, 0.5) is 22.0 Å². The average molecular weight is 586 g/mol. The van der Waals surface area contributed by atoms with Gasteiger partial charge >= 0.3 is 6.18 Å². The van der Waals surface area contributed by atoms with Crippen LogP contribution in [-0.2, 0) is 31.5 Å². The number of hydrogen-bond donors (Lipinski definition) is 2. The summed E-state index contributed by atoms with van der Waals surface area (Å²) in [4.78, 5) is 13.4. The van der Waals surface area contributed by atoms with Crippen molar-refractivity contribution in [3.05, 3.63) is 65.0 Å². The molecule has 1 amide bonds. The minimum Gasteiger partial charge on any atom is -0.393 e. The van der Waals surface area contributed by atoms with Gasteiger partial charge in [0.2, 0.25) is 11.6 Å². The molecule has 0 aromatic heterocycles. The van der Waals surface area contributed by atoms with Gasteiger partial charge < -0.3 is 10.4 Å². The number of aliphatic hydroxyl groups is 1. The first-order valence-electron chi connectivity index (χ1n) is 13.6. The third kappa shape index (κ3) is 4.62. The molecule has 40 heavy (non-hydrogen) atoms. The van der Waals surface area contributed by atoms with E-state index in [4.69, 9.17) is 0 Å². The van der Waals surface area contributed by atoms with Crippen LogP contribution in [0.1, 0.15) is 68.6 Å². The summed E-state index contributed by atoms with van der Waals surface area (Å²) >= 11 is 0. The van der Waals surface area contributed by atoms with Crippen LogP contribution in [0.2, 0.25) is 0 Å². The standard InChI is InChI=1S/C29H32F5NO4S/c1-27(31,29(32,33)34)18-3-13-24-17(16-18)2-12-25-23(26(37)35-20-6-8-21(36)9-7-20)14-15-28(24,25)40(38,39)22-10-4-19(30)5-11-22/h3-5,10-11,13,16,20-21,23,25,36H,2,6-9,12,14-15H2,1H3,(H,35,37)/t20-,21-,23-,25+,27?,28-/m1/s1. The first kappa shape index (κ1) is 29.0. The molecule has 3 aliphatic rings. The SMILES string of the molecule is CC(F)(c1ccc2c(c1)CC[C@H]1[C@H](C(=O)N[C@H]3CC[C@H](O)CC3)CC[C@@]21S(=O)(=O)c1ccc(F)cc1)C(F)(F)F. The number of rotatable bonds is 5. The zero-order chi connectivity index (χ0) is 29.1. The van der Waals surface area contributed by atoms with Crippen molar-refractivity contribution in [2.75, 3.05) is 0 Å². The fourth-order valence-electron chi connectivity index (χ4n) is 6.97. The molecule has 4 atom stereocenters. The van der Waals surface area contributed by atoms with Crippen LogP contribution in [0.3, 0.4) is 0 Å². The largest absolute Gasteiger partial charge is 0.426 e. The maximum Gasteiger partial charge on any atom is 0.426 e. The molecule has 2 aromatic rings. The summed E-state index contributed by atoms with van der Waals surface area (Å²) in [6.07, 6.45) is -2.58. The number of hydrogen-bond acceptors (Lipinski definition) is 4. The van der Waals surface area contributed by atoms with Crippen molar-refractivity contribution in [3.63, 3.8) is 0 Å². The maximum absolute atomic E-state index is 14.9. The van der Waals surface area contributed by atoms with Gasteiger partial charge in [-0.25, -0.2) is 17.2 Å². The molecule has 0 aliphatic heterocycles. The monoisotopic (exact) mass is 585 g/mol. The third-order valence-electron chi connectivity index (χ3n) is 9.26. The van der Waals surface area contributed by atoms with Crippen molar-refractivity contribution in [2.24, 2.45) is 11.8 Å². The lowest BCUT2D eigenvalue weighted by molar-refractivity contribution is -0.228. The van der Waals surface area contributed by atoms with E-state index in [2.05, 4.69) is 5.32 Å². The normalized spacial score (nSPS) is 30.2. The smallest absolute Gasteiger partial charge is 0.393 e. The minimum atomic E-state index is -5.16. The maximum atomic E-state index is 14.9. The minimum absolute atomic E-state index is 0.0390. The van der Waals surface area contributed by atoms with E-state index in [1.54, 1.807) is 0 Å². The molecule has 218 valence electrons. The summed E-state index contributed by atoms with van der Waals surface area (Å²) in [6.45, 7) is 0.436. The highest BCUT2D eigenvalue weighted by Gasteiger charge is 2.62. The summed E-state index contributed by atoms with van der Waals surface area (Å²) in [6, 6.07) is 7.58. The second-order valence-electron chi connectivity index (χ2n) is 11.5. The number of aliphatic hydroxyl groups excluding tert-OH is 1. The second-order valence-corrected chi connectivity index (χ2v) is 13.7. The lowest BCUT2D eigenvalue weighted by atomic mass is 9.72. The molecule has 2 N–H and O–H groups in total. The molecular formula is C29H32F5NO4S. The Bertz CT molecular complexity index is 1380. The Morgan fingerprint density at radius 2 is 1.62 bits per heavy atom.